The molecule has 8 nitrogen and oxygen atoms in total. The van der Waals surface area contributed by atoms with Crippen molar-refractivity contribution in [2.45, 2.75) is 18.5 Å². The third-order valence-corrected chi connectivity index (χ3v) is 5.70. The second kappa shape index (κ2) is 11.0. The van der Waals surface area contributed by atoms with Gasteiger partial charge in [0.1, 0.15) is 11.6 Å². The van der Waals surface area contributed by atoms with Crippen LogP contribution in [0.5, 0.6) is 5.75 Å². The van der Waals surface area contributed by atoms with Crippen LogP contribution >= 0.6 is 27.7 Å². The number of nitrogens with one attached hydrogen (secondary N) is 2. The zero-order valence-corrected chi connectivity index (χ0v) is 19.5. The van der Waals surface area contributed by atoms with E-state index in [4.69, 9.17) is 4.74 Å². The van der Waals surface area contributed by atoms with Crippen LogP contribution in [0.2, 0.25) is 0 Å². The minimum absolute atomic E-state index is 0.0718. The standard InChI is InChI=1S/C21H22BrN5O3S/c1-3-30-17-10-8-16(9-11-17)23-19(28)12-18-25-26-21(27(18)2)31-13-20(29)24-15-6-4-14(22)5-7-15/h4-11H,3,12-13H2,1-2H3,(H,23,28)(H,24,29). The zero-order chi connectivity index (χ0) is 22.2. The maximum Gasteiger partial charge on any atom is 0.234 e. The van der Waals surface area contributed by atoms with Gasteiger partial charge in [0.2, 0.25) is 11.8 Å². The number of carbonyl (C=O) groups is 2. The molecule has 0 atom stereocenters. The van der Waals surface area contributed by atoms with Gasteiger partial charge in [0.05, 0.1) is 18.8 Å². The molecule has 0 aliphatic carbocycles. The summed E-state index contributed by atoms with van der Waals surface area (Å²) in [7, 11) is 1.77. The highest BCUT2D eigenvalue weighted by Gasteiger charge is 2.15. The van der Waals surface area contributed by atoms with Gasteiger partial charge in [-0.2, -0.15) is 0 Å². The van der Waals surface area contributed by atoms with Gasteiger partial charge in [-0.3, -0.25) is 9.59 Å². The van der Waals surface area contributed by atoms with Crippen molar-refractivity contribution in [3.63, 3.8) is 0 Å². The Hall–Kier alpha value is -2.85. The quantitative estimate of drug-likeness (QED) is 0.429. The number of rotatable bonds is 9. The molecule has 2 N–H and O–H groups in total. The van der Waals surface area contributed by atoms with Crippen LogP contribution in [0, 0.1) is 0 Å². The Kier molecular flexibility index (Phi) is 8.07. The van der Waals surface area contributed by atoms with Crippen LogP contribution in [-0.4, -0.2) is 38.9 Å². The average molecular weight is 504 g/mol. The Morgan fingerprint density at radius 2 is 1.61 bits per heavy atom. The molecular formula is C21H22BrN5O3S. The second-order valence-corrected chi connectivity index (χ2v) is 8.34. The Morgan fingerprint density at radius 3 is 2.26 bits per heavy atom. The highest BCUT2D eigenvalue weighted by atomic mass is 79.9. The molecule has 1 aromatic heterocycles. The molecule has 2 aromatic carbocycles. The molecule has 0 unspecified atom stereocenters. The van der Waals surface area contributed by atoms with Crippen molar-refractivity contribution in [1.29, 1.82) is 0 Å². The fraction of sp³-hybridized carbons (Fsp3) is 0.238. The molecule has 3 rings (SSSR count). The van der Waals surface area contributed by atoms with Crippen molar-refractivity contribution in [3.05, 3.63) is 58.8 Å². The van der Waals surface area contributed by atoms with Crippen molar-refractivity contribution >= 4 is 50.9 Å². The lowest BCUT2D eigenvalue weighted by Crippen LogP contribution is -2.17. The van der Waals surface area contributed by atoms with E-state index in [0.717, 1.165) is 15.9 Å². The third-order valence-electron chi connectivity index (χ3n) is 4.15. The molecule has 10 heteroatoms. The van der Waals surface area contributed by atoms with Crippen LogP contribution in [-0.2, 0) is 23.1 Å². The maximum absolute atomic E-state index is 12.3. The molecule has 0 radical (unpaired) electrons. The summed E-state index contributed by atoms with van der Waals surface area (Å²) in [5, 5.41) is 14.4. The summed E-state index contributed by atoms with van der Waals surface area (Å²) in [6, 6.07) is 14.5. The van der Waals surface area contributed by atoms with Crippen LogP contribution in [0.3, 0.4) is 0 Å². The van der Waals surface area contributed by atoms with E-state index in [1.807, 2.05) is 31.2 Å². The van der Waals surface area contributed by atoms with Crippen LogP contribution in [0.25, 0.3) is 0 Å². The summed E-state index contributed by atoms with van der Waals surface area (Å²) in [6.07, 6.45) is 0.0718. The first kappa shape index (κ1) is 22.8. The summed E-state index contributed by atoms with van der Waals surface area (Å²) in [6.45, 7) is 2.50. The first-order valence-corrected chi connectivity index (χ1v) is 11.3. The largest absolute Gasteiger partial charge is 0.494 e. The van der Waals surface area contributed by atoms with E-state index in [2.05, 4.69) is 36.8 Å². The van der Waals surface area contributed by atoms with Gasteiger partial charge in [-0.1, -0.05) is 27.7 Å². The smallest absolute Gasteiger partial charge is 0.234 e. The van der Waals surface area contributed by atoms with E-state index in [-0.39, 0.29) is 24.0 Å². The van der Waals surface area contributed by atoms with E-state index >= 15 is 0 Å². The van der Waals surface area contributed by atoms with Gasteiger partial charge in [0, 0.05) is 22.9 Å². The van der Waals surface area contributed by atoms with Gasteiger partial charge >= 0.3 is 0 Å². The minimum atomic E-state index is -0.204. The number of thioether (sulfide) groups is 1. The number of aromatic nitrogens is 3. The summed E-state index contributed by atoms with van der Waals surface area (Å²) >= 11 is 4.62. The topological polar surface area (TPSA) is 98.1 Å². The molecule has 0 aliphatic rings. The van der Waals surface area contributed by atoms with E-state index in [1.165, 1.54) is 11.8 Å². The highest BCUT2D eigenvalue weighted by Crippen LogP contribution is 2.19. The number of halogens is 1. The van der Waals surface area contributed by atoms with E-state index in [1.54, 1.807) is 35.9 Å². The molecule has 31 heavy (non-hydrogen) atoms. The first-order valence-electron chi connectivity index (χ1n) is 9.53. The van der Waals surface area contributed by atoms with Crippen LogP contribution in [0.15, 0.2) is 58.2 Å². The maximum atomic E-state index is 12.3. The van der Waals surface area contributed by atoms with E-state index in [0.29, 0.717) is 23.3 Å². The van der Waals surface area contributed by atoms with Gasteiger partial charge in [-0.25, -0.2) is 0 Å². The molecular weight excluding hydrogens is 482 g/mol. The number of amides is 2. The molecule has 3 aromatic rings. The second-order valence-electron chi connectivity index (χ2n) is 6.48. The Morgan fingerprint density at radius 1 is 1.00 bits per heavy atom. The Labute approximate surface area is 192 Å². The van der Waals surface area contributed by atoms with Gasteiger partial charge in [-0.05, 0) is 55.5 Å². The summed E-state index contributed by atoms with van der Waals surface area (Å²) in [4.78, 5) is 24.5. The number of carbonyl (C=O) groups excluding carboxylic acids is 2. The van der Waals surface area contributed by atoms with Gasteiger partial charge < -0.3 is 19.9 Å². The molecule has 2 amide bonds. The minimum Gasteiger partial charge on any atom is -0.494 e. The van der Waals surface area contributed by atoms with Gasteiger partial charge in [0.25, 0.3) is 0 Å². The van der Waals surface area contributed by atoms with Crippen molar-refractivity contribution in [1.82, 2.24) is 14.8 Å². The third kappa shape index (κ3) is 6.83. The van der Waals surface area contributed by atoms with E-state index in [9.17, 15) is 9.59 Å². The van der Waals surface area contributed by atoms with E-state index < -0.39 is 0 Å². The first-order chi connectivity index (χ1) is 14.9. The SMILES string of the molecule is CCOc1ccc(NC(=O)Cc2nnc(SCC(=O)Nc3ccc(Br)cc3)n2C)cc1. The lowest BCUT2D eigenvalue weighted by Gasteiger charge is -2.07. The fourth-order valence-corrected chi connectivity index (χ4v) is 3.63. The molecule has 1 heterocycles. The summed E-state index contributed by atoms with van der Waals surface area (Å²) in [5.41, 5.74) is 1.40. The molecule has 162 valence electrons. The number of benzene rings is 2. The predicted molar refractivity (Wildman–Crippen MR) is 124 cm³/mol. The number of hydrogen-bond acceptors (Lipinski definition) is 6. The number of ether oxygens (including phenoxy) is 1. The molecule has 0 saturated carbocycles. The lowest BCUT2D eigenvalue weighted by atomic mass is 10.3. The molecule has 0 saturated heterocycles. The van der Waals surface area contributed by atoms with Crippen LogP contribution in [0.1, 0.15) is 12.7 Å². The highest BCUT2D eigenvalue weighted by molar-refractivity contribution is 9.10. The molecule has 0 bridgehead atoms. The van der Waals surface area contributed by atoms with Crippen molar-refractivity contribution in [2.24, 2.45) is 7.05 Å². The predicted octanol–water partition coefficient (Wildman–Crippen LogP) is 3.89. The summed E-state index contributed by atoms with van der Waals surface area (Å²) < 4.78 is 8.05. The van der Waals surface area contributed by atoms with Crippen LogP contribution in [0.4, 0.5) is 11.4 Å². The van der Waals surface area contributed by atoms with Crippen molar-refractivity contribution < 1.29 is 14.3 Å². The number of hydrogen-bond donors (Lipinski definition) is 2. The van der Waals surface area contributed by atoms with Gasteiger partial charge in [0.15, 0.2) is 5.16 Å². The van der Waals surface area contributed by atoms with Crippen LogP contribution < -0.4 is 15.4 Å². The average Bonchev–Trinajstić information content (AvgIpc) is 3.09. The summed E-state index contributed by atoms with van der Waals surface area (Å²) in [5.74, 6) is 1.09. The fourth-order valence-electron chi connectivity index (χ4n) is 2.64. The number of nitrogens with zero attached hydrogens (tertiary/aromatic N) is 3. The number of anilines is 2. The van der Waals surface area contributed by atoms with Crippen molar-refractivity contribution in [3.8, 4) is 5.75 Å². The monoisotopic (exact) mass is 503 g/mol. The molecule has 0 spiro atoms. The normalized spacial score (nSPS) is 10.5. The molecule has 0 aliphatic heterocycles. The van der Waals surface area contributed by atoms with Gasteiger partial charge in [-0.15, -0.1) is 10.2 Å². The van der Waals surface area contributed by atoms with Crippen molar-refractivity contribution in [2.75, 3.05) is 23.0 Å². The lowest BCUT2D eigenvalue weighted by molar-refractivity contribution is -0.116. The Balaban J connectivity index is 1.50. The molecule has 0 fully saturated rings. The Bertz CT molecular complexity index is 1040. The zero-order valence-electron chi connectivity index (χ0n) is 17.1.